The highest BCUT2D eigenvalue weighted by Gasteiger charge is 2.38. The lowest BCUT2D eigenvalue weighted by Gasteiger charge is -2.32. The van der Waals surface area contributed by atoms with Gasteiger partial charge in [-0.1, -0.05) is 123 Å². The molecule has 7 aromatic carbocycles. The Morgan fingerprint density at radius 1 is 0.468 bits per heavy atom. The third-order valence-electron chi connectivity index (χ3n) is 9.96. The molecule has 224 valence electrons. The van der Waals surface area contributed by atoms with E-state index in [1.807, 2.05) is 0 Å². The number of aromatic nitrogens is 1. The molecule has 1 aliphatic carbocycles. The second-order valence-electron chi connectivity index (χ2n) is 13.0. The predicted molar refractivity (Wildman–Crippen MR) is 198 cm³/mol. The Balaban J connectivity index is 1.16. The van der Waals surface area contributed by atoms with E-state index in [1.165, 1.54) is 66.6 Å². The van der Waals surface area contributed by atoms with Gasteiger partial charge in [-0.3, -0.25) is 0 Å². The van der Waals surface area contributed by atoms with Gasteiger partial charge in [-0.25, -0.2) is 0 Å². The minimum absolute atomic E-state index is 0.121. The van der Waals surface area contributed by atoms with Gasteiger partial charge in [0.2, 0.25) is 0 Å². The Kier molecular flexibility index (Phi) is 6.20. The number of benzene rings is 7. The third kappa shape index (κ3) is 4.26. The fourth-order valence-electron chi connectivity index (χ4n) is 7.82. The van der Waals surface area contributed by atoms with E-state index in [2.05, 4.69) is 193 Å². The van der Waals surface area contributed by atoms with Crippen LogP contribution in [0.5, 0.6) is 0 Å². The summed E-state index contributed by atoms with van der Waals surface area (Å²) in [5, 5.41) is 2.53. The summed E-state index contributed by atoms with van der Waals surface area (Å²) in [4.78, 5) is 2.42. The van der Waals surface area contributed by atoms with Crippen molar-refractivity contribution < 1.29 is 0 Å². The zero-order chi connectivity index (χ0) is 31.5. The maximum Gasteiger partial charge on any atom is 0.0541 e. The summed E-state index contributed by atoms with van der Waals surface area (Å²) >= 11 is 0. The average Bonchev–Trinajstić information content (AvgIpc) is 3.58. The number of nitrogens with zero attached hydrogens (tertiary/aromatic N) is 2. The van der Waals surface area contributed by atoms with Gasteiger partial charge in [0.05, 0.1) is 16.7 Å². The topological polar surface area (TPSA) is 8.17 Å². The van der Waals surface area contributed by atoms with Crippen LogP contribution in [0, 0.1) is 0 Å². The maximum atomic E-state index is 2.42. The van der Waals surface area contributed by atoms with Gasteiger partial charge in [0.1, 0.15) is 0 Å². The van der Waals surface area contributed by atoms with Crippen molar-refractivity contribution in [3.05, 3.63) is 181 Å². The van der Waals surface area contributed by atoms with Crippen LogP contribution in [-0.2, 0) is 5.41 Å². The molecule has 47 heavy (non-hydrogen) atoms. The fourth-order valence-corrected chi connectivity index (χ4v) is 7.82. The number of rotatable bonds is 5. The molecule has 1 heterocycles. The van der Waals surface area contributed by atoms with E-state index in [0.717, 1.165) is 11.4 Å². The lowest BCUT2D eigenvalue weighted by Crippen LogP contribution is -2.20. The van der Waals surface area contributed by atoms with Gasteiger partial charge in [-0.15, -0.1) is 0 Å². The first-order valence-corrected chi connectivity index (χ1v) is 16.4. The standard InChI is InChI=1S/C45H34N2/c1-45(2)40-21-11-9-18-36(40)38-20-13-23-43(44(38)45)46(33-14-5-3-6-15-33)35-27-24-31(25-28-35)32-26-29-42-39(30-32)37-19-10-12-22-41(37)47(42)34-16-7-4-8-17-34/h3-30H,1-2H3. The Labute approximate surface area is 275 Å². The molecule has 0 saturated heterocycles. The van der Waals surface area contributed by atoms with Crippen molar-refractivity contribution in [3.63, 3.8) is 0 Å². The van der Waals surface area contributed by atoms with E-state index in [1.54, 1.807) is 0 Å². The summed E-state index contributed by atoms with van der Waals surface area (Å²) in [6, 6.07) is 61.7. The quantitative estimate of drug-likeness (QED) is 0.190. The molecule has 1 aliphatic rings. The predicted octanol–water partition coefficient (Wildman–Crippen LogP) is 12.2. The Morgan fingerprint density at radius 3 is 1.89 bits per heavy atom. The first-order chi connectivity index (χ1) is 23.1. The maximum absolute atomic E-state index is 2.42. The van der Waals surface area contributed by atoms with E-state index in [4.69, 9.17) is 0 Å². The Morgan fingerprint density at radius 2 is 1.09 bits per heavy atom. The van der Waals surface area contributed by atoms with Crippen molar-refractivity contribution in [2.75, 3.05) is 4.90 Å². The van der Waals surface area contributed by atoms with Crippen LogP contribution in [0.4, 0.5) is 17.1 Å². The first kappa shape index (κ1) is 27.5. The molecule has 0 spiro atoms. The molecule has 0 aliphatic heterocycles. The van der Waals surface area contributed by atoms with E-state index in [0.29, 0.717) is 0 Å². The molecule has 0 atom stereocenters. The van der Waals surface area contributed by atoms with Gasteiger partial charge in [-0.05, 0) is 94.0 Å². The first-order valence-electron chi connectivity index (χ1n) is 16.4. The molecular formula is C45H34N2. The van der Waals surface area contributed by atoms with Crippen molar-refractivity contribution in [1.82, 2.24) is 4.57 Å². The summed E-state index contributed by atoms with van der Waals surface area (Å²) in [6.07, 6.45) is 0. The van der Waals surface area contributed by atoms with Gasteiger partial charge in [0.15, 0.2) is 0 Å². The molecule has 0 radical (unpaired) electrons. The van der Waals surface area contributed by atoms with E-state index in [9.17, 15) is 0 Å². The van der Waals surface area contributed by atoms with Gasteiger partial charge < -0.3 is 9.47 Å². The smallest absolute Gasteiger partial charge is 0.0541 e. The van der Waals surface area contributed by atoms with Gasteiger partial charge in [-0.2, -0.15) is 0 Å². The lowest BCUT2D eigenvalue weighted by molar-refractivity contribution is 0.661. The van der Waals surface area contributed by atoms with Crippen LogP contribution < -0.4 is 4.90 Å². The molecule has 0 saturated carbocycles. The van der Waals surface area contributed by atoms with Crippen molar-refractivity contribution >= 4 is 38.9 Å². The zero-order valence-electron chi connectivity index (χ0n) is 26.6. The van der Waals surface area contributed by atoms with Crippen molar-refractivity contribution in [3.8, 4) is 27.9 Å². The number of fused-ring (bicyclic) bond motifs is 6. The van der Waals surface area contributed by atoms with Crippen LogP contribution in [0.25, 0.3) is 49.7 Å². The molecule has 0 bridgehead atoms. The molecular weight excluding hydrogens is 569 g/mol. The van der Waals surface area contributed by atoms with Crippen LogP contribution in [0.15, 0.2) is 170 Å². The molecule has 0 N–H and O–H groups in total. The molecule has 8 aromatic rings. The van der Waals surface area contributed by atoms with E-state index < -0.39 is 0 Å². The summed E-state index contributed by atoms with van der Waals surface area (Å²) in [7, 11) is 0. The number of para-hydroxylation sites is 3. The van der Waals surface area contributed by atoms with Crippen LogP contribution in [0.3, 0.4) is 0 Å². The minimum Gasteiger partial charge on any atom is -0.310 e. The largest absolute Gasteiger partial charge is 0.310 e. The van der Waals surface area contributed by atoms with Crippen LogP contribution in [0.1, 0.15) is 25.0 Å². The Bertz CT molecular complexity index is 2420. The van der Waals surface area contributed by atoms with Gasteiger partial charge in [0.25, 0.3) is 0 Å². The number of hydrogen-bond acceptors (Lipinski definition) is 1. The molecule has 0 fully saturated rings. The average molecular weight is 603 g/mol. The summed E-state index contributed by atoms with van der Waals surface area (Å²) < 4.78 is 2.37. The minimum atomic E-state index is -0.121. The van der Waals surface area contributed by atoms with Gasteiger partial charge >= 0.3 is 0 Å². The number of hydrogen-bond donors (Lipinski definition) is 0. The second kappa shape index (κ2) is 10.6. The summed E-state index contributed by atoms with van der Waals surface area (Å²) in [5.74, 6) is 0. The fraction of sp³-hybridized carbons (Fsp3) is 0.0667. The SMILES string of the molecule is CC1(C)c2ccccc2-c2cccc(N(c3ccccc3)c3ccc(-c4ccc5c(c4)c4ccccc4n5-c4ccccc4)cc3)c21. The normalized spacial score (nSPS) is 13.1. The van der Waals surface area contributed by atoms with Gasteiger partial charge in [0, 0.05) is 33.2 Å². The highest BCUT2D eigenvalue weighted by molar-refractivity contribution is 6.10. The van der Waals surface area contributed by atoms with Crippen LogP contribution in [0.2, 0.25) is 0 Å². The molecule has 9 rings (SSSR count). The summed E-state index contributed by atoms with van der Waals surface area (Å²) in [5.41, 5.74) is 14.8. The lowest BCUT2D eigenvalue weighted by atomic mass is 9.81. The number of anilines is 3. The van der Waals surface area contributed by atoms with Crippen molar-refractivity contribution in [2.45, 2.75) is 19.3 Å². The monoisotopic (exact) mass is 602 g/mol. The molecule has 1 aromatic heterocycles. The second-order valence-corrected chi connectivity index (χ2v) is 13.0. The van der Waals surface area contributed by atoms with Crippen LogP contribution >= 0.6 is 0 Å². The highest BCUT2D eigenvalue weighted by atomic mass is 15.1. The molecule has 0 unspecified atom stereocenters. The Hall–Kier alpha value is -5.86. The molecule has 0 amide bonds. The third-order valence-corrected chi connectivity index (χ3v) is 9.96. The van der Waals surface area contributed by atoms with E-state index >= 15 is 0 Å². The van der Waals surface area contributed by atoms with Crippen molar-refractivity contribution in [1.29, 1.82) is 0 Å². The highest BCUT2D eigenvalue weighted by Crippen LogP contribution is 2.54. The van der Waals surface area contributed by atoms with Crippen LogP contribution in [-0.4, -0.2) is 4.57 Å². The molecule has 2 heteroatoms. The van der Waals surface area contributed by atoms with Crippen molar-refractivity contribution in [2.24, 2.45) is 0 Å². The molecule has 2 nitrogen and oxygen atoms in total. The van der Waals surface area contributed by atoms with E-state index in [-0.39, 0.29) is 5.41 Å². The zero-order valence-corrected chi connectivity index (χ0v) is 26.6. The summed E-state index contributed by atoms with van der Waals surface area (Å²) in [6.45, 7) is 4.72.